The molecule has 0 aliphatic carbocycles. The van der Waals surface area contributed by atoms with Gasteiger partial charge < -0.3 is 9.84 Å². The van der Waals surface area contributed by atoms with Crippen LogP contribution in [0.5, 0.6) is 11.5 Å². The first kappa shape index (κ1) is 24.0. The van der Waals surface area contributed by atoms with Gasteiger partial charge in [-0.2, -0.15) is 0 Å². The fourth-order valence-corrected chi connectivity index (χ4v) is 3.98. The number of aliphatic imine (C=N–C) groups is 2. The highest BCUT2D eigenvalue weighted by Gasteiger charge is 2.12. The number of rotatable bonds is 10. The van der Waals surface area contributed by atoms with Gasteiger partial charge >= 0.3 is 0 Å². The van der Waals surface area contributed by atoms with E-state index in [-0.39, 0.29) is 5.75 Å². The lowest BCUT2D eigenvalue weighted by atomic mass is 10.0. The Hall–Kier alpha value is -4.18. The van der Waals surface area contributed by atoms with Crippen molar-refractivity contribution in [2.45, 2.75) is 12.8 Å². The van der Waals surface area contributed by atoms with Gasteiger partial charge in [0.15, 0.2) is 0 Å². The molecule has 35 heavy (non-hydrogen) atoms. The van der Waals surface area contributed by atoms with Crippen molar-refractivity contribution in [3.8, 4) is 11.5 Å². The number of ether oxygens (including phenoxy) is 1. The van der Waals surface area contributed by atoms with Gasteiger partial charge in [-0.3, -0.25) is 9.98 Å². The normalized spacial score (nSPS) is 11.9. The lowest BCUT2D eigenvalue weighted by Gasteiger charge is -2.12. The minimum absolute atomic E-state index is 0.240. The summed E-state index contributed by atoms with van der Waals surface area (Å²) in [6.07, 6.45) is 1.79. The van der Waals surface area contributed by atoms with Crippen LogP contribution < -0.4 is 4.74 Å². The van der Waals surface area contributed by atoms with Crippen LogP contribution >= 0.6 is 0 Å². The van der Waals surface area contributed by atoms with Crippen molar-refractivity contribution in [2.75, 3.05) is 20.2 Å². The molecule has 0 amide bonds. The monoisotopic (exact) mass is 462 g/mol. The number of hydrogen-bond donors (Lipinski definition) is 1. The Morgan fingerprint density at radius 2 is 1.06 bits per heavy atom. The third kappa shape index (κ3) is 6.24. The van der Waals surface area contributed by atoms with Crippen molar-refractivity contribution in [3.63, 3.8) is 0 Å². The Kier molecular flexibility index (Phi) is 8.44. The van der Waals surface area contributed by atoms with Gasteiger partial charge in [-0.25, -0.2) is 0 Å². The summed E-state index contributed by atoms with van der Waals surface area (Å²) in [7, 11) is 1.69. The van der Waals surface area contributed by atoms with Crippen LogP contribution in [-0.2, 0) is 0 Å². The van der Waals surface area contributed by atoms with Crippen LogP contribution in [0.4, 0.5) is 0 Å². The molecule has 0 radical (unpaired) electrons. The highest BCUT2D eigenvalue weighted by Crippen LogP contribution is 2.23. The lowest BCUT2D eigenvalue weighted by molar-refractivity contribution is 0.414. The van der Waals surface area contributed by atoms with Gasteiger partial charge in [0.2, 0.25) is 0 Å². The molecule has 0 bridgehead atoms. The van der Waals surface area contributed by atoms with Crippen molar-refractivity contribution in [3.05, 3.63) is 131 Å². The van der Waals surface area contributed by atoms with Crippen LogP contribution in [-0.4, -0.2) is 36.7 Å². The predicted molar refractivity (Wildman–Crippen MR) is 144 cm³/mol. The van der Waals surface area contributed by atoms with Gasteiger partial charge in [-0.05, 0) is 37.1 Å². The largest absolute Gasteiger partial charge is 0.507 e. The number of phenols is 1. The average Bonchev–Trinajstić information content (AvgIpc) is 2.92. The molecular weight excluding hydrogens is 432 g/mol. The number of phenolic OH excluding ortho intramolecular Hbond substituents is 1. The van der Waals surface area contributed by atoms with E-state index in [2.05, 4.69) is 12.1 Å². The molecule has 4 aromatic rings. The topological polar surface area (TPSA) is 54.2 Å². The molecule has 0 spiro atoms. The van der Waals surface area contributed by atoms with E-state index < -0.39 is 0 Å². The zero-order valence-corrected chi connectivity index (χ0v) is 20.0. The van der Waals surface area contributed by atoms with Crippen LogP contribution in [0.15, 0.2) is 119 Å². The summed E-state index contributed by atoms with van der Waals surface area (Å²) >= 11 is 0. The van der Waals surface area contributed by atoms with E-state index in [1.54, 1.807) is 13.2 Å². The Labute approximate surface area is 207 Å². The average molecular weight is 463 g/mol. The fraction of sp³-hybridized carbons (Fsp3) is 0.161. The number of hydrogen-bond acceptors (Lipinski definition) is 4. The Morgan fingerprint density at radius 1 is 0.600 bits per heavy atom. The third-order valence-electron chi connectivity index (χ3n) is 5.72. The van der Waals surface area contributed by atoms with Crippen molar-refractivity contribution in [1.82, 2.24) is 0 Å². The fourth-order valence-electron chi connectivity index (χ4n) is 3.98. The van der Waals surface area contributed by atoms with Crippen molar-refractivity contribution in [1.29, 1.82) is 0 Å². The summed E-state index contributed by atoms with van der Waals surface area (Å²) in [5.41, 5.74) is 5.55. The van der Waals surface area contributed by atoms with E-state index in [0.29, 0.717) is 13.1 Å². The summed E-state index contributed by atoms with van der Waals surface area (Å²) in [5.74, 6) is 1.05. The Balaban J connectivity index is 1.48. The van der Waals surface area contributed by atoms with Gasteiger partial charge in [0.25, 0.3) is 0 Å². The molecule has 0 saturated heterocycles. The molecule has 176 valence electrons. The molecule has 0 saturated carbocycles. The standard InChI is InChI=1S/C31H30N2O2/c1-35-29-21-11-9-19-27(29)31(25-16-6-3-7-17-25)33-23-13-12-22-32-30(24-14-4-2-5-15-24)26-18-8-10-20-28(26)34/h2-11,14-21,34H,12-13,22-23H2,1H3. The lowest BCUT2D eigenvalue weighted by Crippen LogP contribution is -2.07. The van der Waals surface area contributed by atoms with E-state index >= 15 is 0 Å². The van der Waals surface area contributed by atoms with E-state index in [1.165, 1.54) is 0 Å². The summed E-state index contributed by atoms with van der Waals surface area (Å²) < 4.78 is 5.59. The maximum Gasteiger partial charge on any atom is 0.128 e. The van der Waals surface area contributed by atoms with Gasteiger partial charge in [0.1, 0.15) is 11.5 Å². The number of benzene rings is 4. The molecule has 0 aliphatic heterocycles. The number of methoxy groups -OCH3 is 1. The molecule has 4 aromatic carbocycles. The second kappa shape index (κ2) is 12.3. The first-order valence-corrected chi connectivity index (χ1v) is 11.9. The SMILES string of the molecule is COc1ccccc1C(=NCCCCN=C(c1ccccc1)c1ccccc1O)c1ccccc1. The summed E-state index contributed by atoms with van der Waals surface area (Å²) in [5, 5.41) is 10.4. The number of nitrogens with zero attached hydrogens (tertiary/aromatic N) is 2. The molecule has 0 heterocycles. The molecule has 0 fully saturated rings. The van der Waals surface area contributed by atoms with Gasteiger partial charge in [-0.1, -0.05) is 84.9 Å². The van der Waals surface area contributed by atoms with Crippen LogP contribution in [0.2, 0.25) is 0 Å². The first-order chi connectivity index (χ1) is 17.3. The number of aromatic hydroxyl groups is 1. The highest BCUT2D eigenvalue weighted by atomic mass is 16.5. The van der Waals surface area contributed by atoms with E-state index in [0.717, 1.165) is 52.3 Å². The Bertz CT molecular complexity index is 1280. The molecule has 1 N–H and O–H groups in total. The summed E-state index contributed by atoms with van der Waals surface area (Å²) in [6.45, 7) is 1.35. The maximum atomic E-state index is 10.4. The molecule has 0 aliphatic rings. The molecule has 0 unspecified atom stereocenters. The smallest absolute Gasteiger partial charge is 0.128 e. The second-order valence-electron chi connectivity index (χ2n) is 8.12. The molecular formula is C31H30N2O2. The van der Waals surface area contributed by atoms with E-state index in [4.69, 9.17) is 14.7 Å². The van der Waals surface area contributed by atoms with Crippen molar-refractivity contribution in [2.24, 2.45) is 9.98 Å². The van der Waals surface area contributed by atoms with Crippen molar-refractivity contribution >= 4 is 11.4 Å². The van der Waals surface area contributed by atoms with Crippen LogP contribution in [0, 0.1) is 0 Å². The number of unbranched alkanes of at least 4 members (excludes halogenated alkanes) is 1. The molecule has 0 aromatic heterocycles. The second-order valence-corrected chi connectivity index (χ2v) is 8.12. The summed E-state index contributed by atoms with van der Waals surface area (Å²) in [6, 6.07) is 35.6. The number of para-hydroxylation sites is 2. The predicted octanol–water partition coefficient (Wildman–Crippen LogP) is 6.56. The minimum Gasteiger partial charge on any atom is -0.507 e. The molecule has 0 atom stereocenters. The van der Waals surface area contributed by atoms with Crippen LogP contribution in [0.3, 0.4) is 0 Å². The zero-order chi connectivity index (χ0) is 24.3. The van der Waals surface area contributed by atoms with E-state index in [9.17, 15) is 5.11 Å². The van der Waals surface area contributed by atoms with Gasteiger partial charge in [0.05, 0.1) is 18.5 Å². The van der Waals surface area contributed by atoms with Gasteiger partial charge in [0, 0.05) is 35.3 Å². The molecule has 4 heteroatoms. The van der Waals surface area contributed by atoms with Crippen molar-refractivity contribution < 1.29 is 9.84 Å². The quantitative estimate of drug-likeness (QED) is 0.214. The van der Waals surface area contributed by atoms with Crippen LogP contribution in [0.25, 0.3) is 0 Å². The Morgan fingerprint density at radius 3 is 1.60 bits per heavy atom. The first-order valence-electron chi connectivity index (χ1n) is 11.9. The third-order valence-corrected chi connectivity index (χ3v) is 5.72. The van der Waals surface area contributed by atoms with E-state index in [1.807, 2.05) is 91.0 Å². The van der Waals surface area contributed by atoms with Crippen LogP contribution in [0.1, 0.15) is 35.1 Å². The minimum atomic E-state index is 0.240. The molecule has 4 rings (SSSR count). The maximum absolute atomic E-state index is 10.4. The van der Waals surface area contributed by atoms with Gasteiger partial charge in [-0.15, -0.1) is 0 Å². The zero-order valence-electron chi connectivity index (χ0n) is 20.0. The highest BCUT2D eigenvalue weighted by molar-refractivity contribution is 6.15. The summed E-state index contributed by atoms with van der Waals surface area (Å²) in [4.78, 5) is 9.84. The molecule has 4 nitrogen and oxygen atoms in total.